The first kappa shape index (κ1) is 9.01. The van der Waals surface area contributed by atoms with Gasteiger partial charge in [-0.3, -0.25) is 4.98 Å². The standard InChI is InChI=1S/C8H6IN3S/c9-8-12-11-7(13-8)5-6-1-3-10-4-2-6/h1-4H,5H2. The highest BCUT2D eigenvalue weighted by Gasteiger charge is 2.01. The van der Waals surface area contributed by atoms with Crippen molar-refractivity contribution in [3.05, 3.63) is 38.1 Å². The summed E-state index contributed by atoms with van der Waals surface area (Å²) in [6.45, 7) is 0. The average Bonchev–Trinajstić information content (AvgIpc) is 2.53. The van der Waals surface area contributed by atoms with Crippen LogP contribution in [0.2, 0.25) is 0 Å². The summed E-state index contributed by atoms with van der Waals surface area (Å²) in [6, 6.07) is 3.99. The highest BCUT2D eigenvalue weighted by molar-refractivity contribution is 14.1. The monoisotopic (exact) mass is 303 g/mol. The number of pyridine rings is 1. The van der Waals surface area contributed by atoms with Crippen LogP contribution in [0.3, 0.4) is 0 Å². The molecule has 0 spiro atoms. The van der Waals surface area contributed by atoms with Gasteiger partial charge in [-0.25, -0.2) is 0 Å². The molecule has 2 heterocycles. The van der Waals surface area contributed by atoms with Gasteiger partial charge in [0, 0.05) is 18.8 Å². The lowest BCUT2D eigenvalue weighted by Gasteiger charge is -1.93. The molecular weight excluding hydrogens is 297 g/mol. The largest absolute Gasteiger partial charge is 0.265 e. The minimum Gasteiger partial charge on any atom is -0.265 e. The number of halogens is 1. The first-order chi connectivity index (χ1) is 6.34. The van der Waals surface area contributed by atoms with E-state index in [1.165, 1.54) is 5.56 Å². The van der Waals surface area contributed by atoms with Crippen molar-refractivity contribution in [3.63, 3.8) is 0 Å². The van der Waals surface area contributed by atoms with Gasteiger partial charge in [0.25, 0.3) is 0 Å². The molecule has 0 bridgehead atoms. The second-order valence-electron chi connectivity index (χ2n) is 2.48. The Morgan fingerprint density at radius 2 is 2.00 bits per heavy atom. The van der Waals surface area contributed by atoms with Crippen LogP contribution in [0.15, 0.2) is 24.5 Å². The van der Waals surface area contributed by atoms with E-state index in [0.29, 0.717) is 0 Å². The van der Waals surface area contributed by atoms with Gasteiger partial charge >= 0.3 is 0 Å². The summed E-state index contributed by atoms with van der Waals surface area (Å²) in [7, 11) is 0. The Balaban J connectivity index is 2.15. The number of nitrogens with zero attached hydrogens (tertiary/aromatic N) is 3. The van der Waals surface area contributed by atoms with Gasteiger partial charge in [-0.15, -0.1) is 10.2 Å². The van der Waals surface area contributed by atoms with Gasteiger partial charge in [0.15, 0.2) is 3.01 Å². The summed E-state index contributed by atoms with van der Waals surface area (Å²) < 4.78 is 0.988. The lowest BCUT2D eigenvalue weighted by Crippen LogP contribution is -1.86. The van der Waals surface area contributed by atoms with Crippen LogP contribution in [0.25, 0.3) is 0 Å². The molecule has 0 unspecified atom stereocenters. The second kappa shape index (κ2) is 4.10. The molecule has 66 valence electrons. The topological polar surface area (TPSA) is 38.7 Å². The van der Waals surface area contributed by atoms with Gasteiger partial charge in [-0.05, 0) is 40.3 Å². The van der Waals surface area contributed by atoms with Crippen LogP contribution in [0.5, 0.6) is 0 Å². The van der Waals surface area contributed by atoms with Crippen LogP contribution in [-0.4, -0.2) is 15.2 Å². The van der Waals surface area contributed by atoms with Crippen molar-refractivity contribution in [2.24, 2.45) is 0 Å². The molecule has 0 fully saturated rings. The molecule has 2 rings (SSSR count). The molecule has 0 atom stereocenters. The van der Waals surface area contributed by atoms with Crippen molar-refractivity contribution in [1.29, 1.82) is 0 Å². The minimum atomic E-state index is 0.850. The third kappa shape index (κ3) is 2.44. The number of rotatable bonds is 2. The van der Waals surface area contributed by atoms with Crippen molar-refractivity contribution in [3.8, 4) is 0 Å². The molecule has 0 saturated heterocycles. The normalized spacial score (nSPS) is 10.2. The van der Waals surface area contributed by atoms with Gasteiger partial charge in [0.05, 0.1) is 0 Å². The summed E-state index contributed by atoms with van der Waals surface area (Å²) in [5.74, 6) is 0. The first-order valence-corrected chi connectivity index (χ1v) is 5.61. The van der Waals surface area contributed by atoms with Crippen LogP contribution < -0.4 is 0 Å². The quantitative estimate of drug-likeness (QED) is 0.798. The van der Waals surface area contributed by atoms with Crippen LogP contribution in [-0.2, 0) is 6.42 Å². The van der Waals surface area contributed by atoms with Gasteiger partial charge < -0.3 is 0 Å². The predicted molar refractivity (Wildman–Crippen MR) is 59.7 cm³/mol. The maximum absolute atomic E-state index is 4.05. The van der Waals surface area contributed by atoms with Gasteiger partial charge in [-0.1, -0.05) is 11.3 Å². The maximum Gasteiger partial charge on any atom is 0.178 e. The van der Waals surface area contributed by atoms with E-state index in [1.54, 1.807) is 23.7 Å². The van der Waals surface area contributed by atoms with Gasteiger partial charge in [0.2, 0.25) is 0 Å². The fourth-order valence-electron chi connectivity index (χ4n) is 0.980. The highest BCUT2D eigenvalue weighted by Crippen LogP contribution is 2.15. The van der Waals surface area contributed by atoms with Crippen molar-refractivity contribution < 1.29 is 0 Å². The maximum atomic E-state index is 4.05. The fraction of sp³-hybridized carbons (Fsp3) is 0.125. The van der Waals surface area contributed by atoms with E-state index < -0.39 is 0 Å². The Hall–Kier alpha value is -0.560. The Morgan fingerprint density at radius 3 is 2.62 bits per heavy atom. The summed E-state index contributed by atoms with van der Waals surface area (Å²) in [4.78, 5) is 3.96. The van der Waals surface area contributed by atoms with Crippen molar-refractivity contribution in [2.75, 3.05) is 0 Å². The molecule has 0 aliphatic carbocycles. The Kier molecular flexibility index (Phi) is 2.84. The predicted octanol–water partition coefficient (Wildman–Crippen LogP) is 2.13. The zero-order valence-electron chi connectivity index (χ0n) is 6.64. The number of hydrogen-bond donors (Lipinski definition) is 0. The molecule has 0 aromatic carbocycles. The fourth-order valence-corrected chi connectivity index (χ4v) is 2.45. The molecule has 2 aromatic heterocycles. The molecule has 5 heteroatoms. The summed E-state index contributed by atoms with van der Waals surface area (Å²) in [5.41, 5.74) is 1.22. The van der Waals surface area contributed by atoms with Crippen LogP contribution in [0.1, 0.15) is 10.6 Å². The SMILES string of the molecule is Ic1nnc(Cc2ccncc2)s1. The van der Waals surface area contributed by atoms with Crippen LogP contribution >= 0.6 is 33.9 Å². The van der Waals surface area contributed by atoms with Gasteiger partial charge in [0.1, 0.15) is 5.01 Å². The van der Waals surface area contributed by atoms with Gasteiger partial charge in [-0.2, -0.15) is 0 Å². The lowest BCUT2D eigenvalue weighted by molar-refractivity contribution is 0.989. The highest BCUT2D eigenvalue weighted by atomic mass is 127. The minimum absolute atomic E-state index is 0.850. The third-order valence-corrected chi connectivity index (χ3v) is 3.13. The Bertz CT molecular complexity index is 387. The molecule has 0 N–H and O–H groups in total. The molecule has 2 aromatic rings. The molecule has 0 radical (unpaired) electrons. The molecule has 13 heavy (non-hydrogen) atoms. The number of hydrogen-bond acceptors (Lipinski definition) is 4. The molecular formula is C8H6IN3S. The van der Waals surface area contributed by atoms with Crippen molar-refractivity contribution in [2.45, 2.75) is 6.42 Å². The summed E-state index contributed by atoms with van der Waals surface area (Å²) in [6.07, 6.45) is 4.44. The smallest absolute Gasteiger partial charge is 0.178 e. The van der Waals surface area contributed by atoms with E-state index in [0.717, 1.165) is 14.4 Å². The molecule has 0 aliphatic rings. The third-order valence-electron chi connectivity index (χ3n) is 1.55. The zero-order chi connectivity index (χ0) is 9.10. The Labute approximate surface area is 93.4 Å². The van der Waals surface area contributed by atoms with Crippen molar-refractivity contribution in [1.82, 2.24) is 15.2 Å². The van der Waals surface area contributed by atoms with E-state index in [2.05, 4.69) is 37.8 Å². The van der Waals surface area contributed by atoms with E-state index in [9.17, 15) is 0 Å². The van der Waals surface area contributed by atoms with E-state index in [1.807, 2.05) is 12.1 Å². The van der Waals surface area contributed by atoms with Crippen LogP contribution in [0.4, 0.5) is 0 Å². The number of aromatic nitrogens is 3. The molecule has 0 aliphatic heterocycles. The average molecular weight is 303 g/mol. The molecule has 0 saturated carbocycles. The van der Waals surface area contributed by atoms with Crippen LogP contribution in [0, 0.1) is 3.01 Å². The van der Waals surface area contributed by atoms with Crippen molar-refractivity contribution >= 4 is 33.9 Å². The summed E-state index contributed by atoms with van der Waals surface area (Å²) in [5, 5.41) is 9.06. The van der Waals surface area contributed by atoms with E-state index in [4.69, 9.17) is 0 Å². The first-order valence-electron chi connectivity index (χ1n) is 3.71. The second-order valence-corrected chi connectivity index (χ2v) is 5.30. The van der Waals surface area contributed by atoms with E-state index >= 15 is 0 Å². The molecule has 3 nitrogen and oxygen atoms in total. The Morgan fingerprint density at radius 1 is 1.23 bits per heavy atom. The van der Waals surface area contributed by atoms with E-state index in [-0.39, 0.29) is 0 Å². The molecule has 0 amide bonds. The zero-order valence-corrected chi connectivity index (χ0v) is 9.62. The lowest BCUT2D eigenvalue weighted by atomic mass is 10.2. The summed E-state index contributed by atoms with van der Waals surface area (Å²) >= 11 is 3.80.